The monoisotopic (exact) mass is 274 g/mol. The first-order chi connectivity index (χ1) is 9.70. The van der Waals surface area contributed by atoms with Crippen molar-refractivity contribution in [2.45, 2.75) is 77.2 Å². The van der Waals surface area contributed by atoms with Gasteiger partial charge in [-0.3, -0.25) is 0 Å². The predicted octanol–water partition coefficient (Wildman–Crippen LogP) is 5.59. The molecule has 1 heteroatoms. The number of hydrogen-bond acceptors (Lipinski definition) is 1. The van der Waals surface area contributed by atoms with Crippen LogP contribution in [-0.4, -0.2) is 5.11 Å². The summed E-state index contributed by atoms with van der Waals surface area (Å²) in [4.78, 5) is 0. The van der Waals surface area contributed by atoms with Gasteiger partial charge in [0.05, 0.1) is 6.10 Å². The quantitative estimate of drug-likeness (QED) is 0.716. The Kier molecular flexibility index (Phi) is 6.09. The van der Waals surface area contributed by atoms with E-state index in [-0.39, 0.29) is 6.10 Å². The molecule has 0 radical (unpaired) electrons. The Balaban J connectivity index is 1.83. The average molecular weight is 274 g/mol. The molecule has 1 aromatic rings. The van der Waals surface area contributed by atoms with Crippen LogP contribution in [0, 0.1) is 5.92 Å². The highest BCUT2D eigenvalue weighted by Gasteiger charge is 2.16. The third-order valence-corrected chi connectivity index (χ3v) is 5.08. The first-order valence-electron chi connectivity index (χ1n) is 8.48. The molecule has 1 fully saturated rings. The van der Waals surface area contributed by atoms with Crippen molar-refractivity contribution in [1.82, 2.24) is 0 Å². The Hall–Kier alpha value is -0.820. The molecular weight excluding hydrogens is 244 g/mol. The average Bonchev–Trinajstić information content (AvgIpc) is 2.53. The molecule has 0 aromatic heterocycles. The van der Waals surface area contributed by atoms with Crippen LogP contribution >= 0.6 is 0 Å². The summed E-state index contributed by atoms with van der Waals surface area (Å²) in [5, 5.41) is 10.3. The Morgan fingerprint density at radius 2 is 1.65 bits per heavy atom. The molecule has 0 heterocycles. The molecule has 1 saturated carbocycles. The maximum absolute atomic E-state index is 10.3. The van der Waals surface area contributed by atoms with E-state index in [0.29, 0.717) is 5.92 Å². The summed E-state index contributed by atoms with van der Waals surface area (Å²) in [5.41, 5.74) is 2.48. The number of rotatable bonds is 6. The van der Waals surface area contributed by atoms with Crippen LogP contribution in [0.4, 0.5) is 0 Å². The molecule has 1 aliphatic rings. The van der Waals surface area contributed by atoms with E-state index >= 15 is 0 Å². The lowest BCUT2D eigenvalue weighted by molar-refractivity contribution is 0.151. The molecule has 0 bridgehead atoms. The third-order valence-electron chi connectivity index (χ3n) is 5.08. The zero-order valence-corrected chi connectivity index (χ0v) is 13.1. The van der Waals surface area contributed by atoms with Crippen molar-refractivity contribution in [3.05, 3.63) is 35.4 Å². The van der Waals surface area contributed by atoms with Crippen molar-refractivity contribution in [3.63, 3.8) is 0 Å². The molecule has 2 atom stereocenters. The lowest BCUT2D eigenvalue weighted by Gasteiger charge is -2.22. The van der Waals surface area contributed by atoms with Crippen LogP contribution < -0.4 is 0 Å². The summed E-state index contributed by atoms with van der Waals surface area (Å²) in [5.74, 6) is 1.47. The van der Waals surface area contributed by atoms with E-state index in [1.807, 2.05) is 0 Å². The number of hydrogen-bond donors (Lipinski definition) is 1. The van der Waals surface area contributed by atoms with Gasteiger partial charge in [0.2, 0.25) is 0 Å². The topological polar surface area (TPSA) is 20.2 Å². The summed E-state index contributed by atoms with van der Waals surface area (Å²) < 4.78 is 0. The fourth-order valence-corrected chi connectivity index (χ4v) is 3.32. The molecule has 2 rings (SSSR count). The third kappa shape index (κ3) is 4.34. The van der Waals surface area contributed by atoms with Gasteiger partial charge in [0, 0.05) is 0 Å². The molecule has 20 heavy (non-hydrogen) atoms. The van der Waals surface area contributed by atoms with E-state index in [1.165, 1.54) is 50.5 Å². The van der Waals surface area contributed by atoms with E-state index in [4.69, 9.17) is 0 Å². The van der Waals surface area contributed by atoms with Crippen molar-refractivity contribution < 1.29 is 5.11 Å². The van der Waals surface area contributed by atoms with E-state index in [0.717, 1.165) is 17.9 Å². The molecule has 1 aromatic carbocycles. The maximum Gasteiger partial charge on any atom is 0.0790 e. The van der Waals surface area contributed by atoms with Gasteiger partial charge in [-0.25, -0.2) is 0 Å². The molecule has 0 spiro atoms. The normalized spacial score (nSPS) is 19.8. The largest absolute Gasteiger partial charge is 0.388 e. The lowest BCUT2D eigenvalue weighted by atomic mass is 9.85. The minimum atomic E-state index is -0.275. The summed E-state index contributed by atoms with van der Waals surface area (Å²) in [7, 11) is 0. The predicted molar refractivity (Wildman–Crippen MR) is 85.9 cm³/mol. The van der Waals surface area contributed by atoms with E-state index in [2.05, 4.69) is 38.1 Å². The Labute approximate surface area is 124 Å². The van der Waals surface area contributed by atoms with Gasteiger partial charge in [-0.05, 0) is 42.2 Å². The molecule has 2 unspecified atom stereocenters. The minimum absolute atomic E-state index is 0.275. The zero-order chi connectivity index (χ0) is 14.4. The second-order valence-electron chi connectivity index (χ2n) is 6.57. The van der Waals surface area contributed by atoms with Gasteiger partial charge < -0.3 is 5.11 Å². The fourth-order valence-electron chi connectivity index (χ4n) is 3.32. The Morgan fingerprint density at radius 1 is 1.05 bits per heavy atom. The maximum atomic E-state index is 10.3. The molecule has 1 aliphatic carbocycles. The van der Waals surface area contributed by atoms with Gasteiger partial charge >= 0.3 is 0 Å². The minimum Gasteiger partial charge on any atom is -0.388 e. The Bertz CT molecular complexity index is 375. The second-order valence-corrected chi connectivity index (χ2v) is 6.57. The summed E-state index contributed by atoms with van der Waals surface area (Å²) in [6, 6.07) is 8.61. The van der Waals surface area contributed by atoms with Crippen molar-refractivity contribution in [2.24, 2.45) is 5.92 Å². The summed E-state index contributed by atoms with van der Waals surface area (Å²) in [6.45, 7) is 4.48. The van der Waals surface area contributed by atoms with Gasteiger partial charge in [0.1, 0.15) is 0 Å². The van der Waals surface area contributed by atoms with Crippen molar-refractivity contribution in [2.75, 3.05) is 0 Å². The zero-order valence-electron chi connectivity index (χ0n) is 13.1. The highest BCUT2D eigenvalue weighted by atomic mass is 16.3. The van der Waals surface area contributed by atoms with Crippen LogP contribution in [0.5, 0.6) is 0 Å². The van der Waals surface area contributed by atoms with Gasteiger partial charge in [-0.1, -0.05) is 70.2 Å². The number of aliphatic hydroxyl groups is 1. The van der Waals surface area contributed by atoms with Gasteiger partial charge in [-0.15, -0.1) is 0 Å². The number of benzene rings is 1. The van der Waals surface area contributed by atoms with Crippen LogP contribution in [0.2, 0.25) is 0 Å². The van der Waals surface area contributed by atoms with Crippen LogP contribution in [-0.2, 0) is 0 Å². The van der Waals surface area contributed by atoms with Crippen molar-refractivity contribution in [3.8, 4) is 0 Å². The van der Waals surface area contributed by atoms with E-state index < -0.39 is 0 Å². The van der Waals surface area contributed by atoms with E-state index in [1.54, 1.807) is 0 Å². The smallest absolute Gasteiger partial charge is 0.0790 e. The van der Waals surface area contributed by atoms with Crippen LogP contribution in [0.1, 0.15) is 88.4 Å². The highest BCUT2D eigenvalue weighted by molar-refractivity contribution is 5.26. The standard InChI is InChI=1S/C19H30O/c1-3-15(2)17-10-12-18(13-11-17)19(20)14-9-16-7-5-4-6-8-16/h10-13,15-16,19-20H,3-9,14H2,1-2H3. The van der Waals surface area contributed by atoms with Crippen LogP contribution in [0.15, 0.2) is 24.3 Å². The fraction of sp³-hybridized carbons (Fsp3) is 0.684. The van der Waals surface area contributed by atoms with Crippen molar-refractivity contribution in [1.29, 1.82) is 0 Å². The molecule has 0 saturated heterocycles. The van der Waals surface area contributed by atoms with Gasteiger partial charge in [-0.2, -0.15) is 0 Å². The molecule has 0 aliphatic heterocycles. The van der Waals surface area contributed by atoms with Crippen LogP contribution in [0.3, 0.4) is 0 Å². The first kappa shape index (κ1) is 15.6. The summed E-state index contributed by atoms with van der Waals surface area (Å²) >= 11 is 0. The van der Waals surface area contributed by atoms with E-state index in [9.17, 15) is 5.11 Å². The van der Waals surface area contributed by atoms with Crippen LogP contribution in [0.25, 0.3) is 0 Å². The number of aliphatic hydroxyl groups excluding tert-OH is 1. The van der Waals surface area contributed by atoms with Gasteiger partial charge in [0.15, 0.2) is 0 Å². The molecule has 1 nitrogen and oxygen atoms in total. The van der Waals surface area contributed by atoms with Gasteiger partial charge in [0.25, 0.3) is 0 Å². The Morgan fingerprint density at radius 3 is 2.25 bits per heavy atom. The molecule has 1 N–H and O–H groups in total. The molecule has 112 valence electrons. The summed E-state index contributed by atoms with van der Waals surface area (Å²) in [6.07, 6.45) is 9.96. The SMILES string of the molecule is CCC(C)c1ccc(C(O)CCC2CCCCC2)cc1. The molecular formula is C19H30O. The molecule has 0 amide bonds. The van der Waals surface area contributed by atoms with Crippen molar-refractivity contribution >= 4 is 0 Å². The first-order valence-corrected chi connectivity index (χ1v) is 8.48. The lowest BCUT2D eigenvalue weighted by Crippen LogP contribution is -2.08. The highest BCUT2D eigenvalue weighted by Crippen LogP contribution is 2.30. The second kappa shape index (κ2) is 7.83.